The Labute approximate surface area is 119 Å². The number of aryl methyl sites for hydroxylation is 1. The third kappa shape index (κ3) is 3.22. The van der Waals surface area contributed by atoms with Gasteiger partial charge in [0.2, 0.25) is 11.7 Å². The van der Waals surface area contributed by atoms with E-state index in [1.807, 2.05) is 12.1 Å². The first kappa shape index (κ1) is 14.7. The van der Waals surface area contributed by atoms with Crippen LogP contribution < -0.4 is 5.73 Å². The monoisotopic (exact) mass is 274 g/mol. The van der Waals surface area contributed by atoms with Crippen molar-refractivity contribution in [2.75, 3.05) is 6.54 Å². The molecule has 2 rings (SSSR count). The summed E-state index contributed by atoms with van der Waals surface area (Å²) in [5.74, 6) is 1.83. The second kappa shape index (κ2) is 6.61. The number of aromatic nitrogens is 3. The van der Waals surface area contributed by atoms with E-state index in [-0.39, 0.29) is 5.92 Å². The van der Waals surface area contributed by atoms with Gasteiger partial charge in [0.05, 0.1) is 5.92 Å². The summed E-state index contributed by atoms with van der Waals surface area (Å²) in [4.78, 5) is 8.86. The van der Waals surface area contributed by atoms with Gasteiger partial charge in [-0.2, -0.15) is 4.98 Å². The van der Waals surface area contributed by atoms with Crippen LogP contribution in [0.4, 0.5) is 0 Å². The number of nitrogens with two attached hydrogens (primary N) is 1. The minimum absolute atomic E-state index is 0.116. The molecule has 0 aliphatic carbocycles. The molecule has 2 N–H and O–H groups in total. The molecule has 1 atom stereocenters. The maximum atomic E-state index is 5.81. The first-order valence-corrected chi connectivity index (χ1v) is 7.13. The van der Waals surface area contributed by atoms with Crippen molar-refractivity contribution in [2.24, 2.45) is 11.7 Å². The molecule has 5 nitrogen and oxygen atoms in total. The molecule has 0 spiro atoms. The Bertz CT molecular complexity index is 550. The Morgan fingerprint density at radius 3 is 2.80 bits per heavy atom. The van der Waals surface area contributed by atoms with Gasteiger partial charge >= 0.3 is 0 Å². The van der Waals surface area contributed by atoms with Crippen molar-refractivity contribution in [3.8, 4) is 11.5 Å². The topological polar surface area (TPSA) is 77.8 Å². The van der Waals surface area contributed by atoms with Crippen LogP contribution in [-0.4, -0.2) is 21.7 Å². The van der Waals surface area contributed by atoms with Gasteiger partial charge in [-0.05, 0) is 30.4 Å². The predicted octanol–water partition coefficient (Wildman–Crippen LogP) is 2.78. The zero-order chi connectivity index (χ0) is 14.5. The first-order chi connectivity index (χ1) is 9.65. The van der Waals surface area contributed by atoms with Crippen LogP contribution in [-0.2, 0) is 6.42 Å². The van der Waals surface area contributed by atoms with Crippen LogP contribution in [0.25, 0.3) is 11.5 Å². The van der Waals surface area contributed by atoms with Crippen molar-refractivity contribution in [2.45, 2.75) is 39.5 Å². The van der Waals surface area contributed by atoms with E-state index in [2.05, 4.69) is 35.9 Å². The Kier molecular flexibility index (Phi) is 4.84. The van der Waals surface area contributed by atoms with Crippen LogP contribution in [0.15, 0.2) is 22.9 Å². The molecule has 0 radical (unpaired) electrons. The zero-order valence-electron chi connectivity index (χ0n) is 12.3. The Balaban J connectivity index is 2.28. The van der Waals surface area contributed by atoms with E-state index in [0.29, 0.717) is 24.2 Å². The van der Waals surface area contributed by atoms with Crippen LogP contribution in [0.5, 0.6) is 0 Å². The van der Waals surface area contributed by atoms with Gasteiger partial charge in [0.1, 0.15) is 5.69 Å². The number of pyridine rings is 1. The van der Waals surface area contributed by atoms with Gasteiger partial charge < -0.3 is 10.3 Å². The van der Waals surface area contributed by atoms with E-state index in [4.69, 9.17) is 10.3 Å². The van der Waals surface area contributed by atoms with Crippen molar-refractivity contribution in [1.29, 1.82) is 0 Å². The quantitative estimate of drug-likeness (QED) is 0.876. The molecule has 0 aromatic carbocycles. The largest absolute Gasteiger partial charge is 0.339 e. The molecule has 2 heterocycles. The molecule has 2 aromatic rings. The van der Waals surface area contributed by atoms with E-state index >= 15 is 0 Å². The fourth-order valence-electron chi connectivity index (χ4n) is 2.29. The van der Waals surface area contributed by atoms with Gasteiger partial charge in [0.15, 0.2) is 0 Å². The Hall–Kier alpha value is -1.75. The third-order valence-corrected chi connectivity index (χ3v) is 3.32. The smallest absolute Gasteiger partial charge is 0.231 e. The molecule has 2 aromatic heterocycles. The fraction of sp³-hybridized carbons (Fsp3) is 0.533. The molecule has 0 aliphatic heterocycles. The standard InChI is InChI=1S/C15H22N4O/c1-4-11-6-5-7-17-13(11)14-18-15(20-19-14)12(9-16)8-10(2)3/h5-7,10,12H,4,8-9,16H2,1-3H3. The van der Waals surface area contributed by atoms with Crippen molar-refractivity contribution < 1.29 is 4.52 Å². The lowest BCUT2D eigenvalue weighted by Gasteiger charge is -2.11. The second-order valence-corrected chi connectivity index (χ2v) is 5.38. The number of nitrogens with zero attached hydrogens (tertiary/aromatic N) is 3. The van der Waals surface area contributed by atoms with Crippen molar-refractivity contribution in [1.82, 2.24) is 15.1 Å². The van der Waals surface area contributed by atoms with E-state index in [0.717, 1.165) is 24.1 Å². The average molecular weight is 274 g/mol. The van der Waals surface area contributed by atoms with E-state index in [1.165, 1.54) is 0 Å². The van der Waals surface area contributed by atoms with Crippen molar-refractivity contribution in [3.05, 3.63) is 29.8 Å². The summed E-state index contributed by atoms with van der Waals surface area (Å²) < 4.78 is 5.39. The second-order valence-electron chi connectivity index (χ2n) is 5.38. The van der Waals surface area contributed by atoms with Crippen LogP contribution in [0, 0.1) is 5.92 Å². The maximum Gasteiger partial charge on any atom is 0.231 e. The fourth-order valence-corrected chi connectivity index (χ4v) is 2.29. The Morgan fingerprint density at radius 1 is 1.35 bits per heavy atom. The van der Waals surface area contributed by atoms with Crippen LogP contribution in [0.1, 0.15) is 44.6 Å². The number of hydrogen-bond donors (Lipinski definition) is 1. The summed E-state index contributed by atoms with van der Waals surface area (Å²) in [6.45, 7) is 6.92. The van der Waals surface area contributed by atoms with Gasteiger partial charge in [0, 0.05) is 12.7 Å². The van der Waals surface area contributed by atoms with Gasteiger partial charge in [-0.3, -0.25) is 4.98 Å². The van der Waals surface area contributed by atoms with Gasteiger partial charge in [0.25, 0.3) is 0 Å². The molecule has 0 saturated carbocycles. The normalized spacial score (nSPS) is 12.8. The summed E-state index contributed by atoms with van der Waals surface area (Å²) >= 11 is 0. The minimum Gasteiger partial charge on any atom is -0.339 e. The highest BCUT2D eigenvalue weighted by Gasteiger charge is 2.20. The number of rotatable bonds is 6. The van der Waals surface area contributed by atoms with Crippen LogP contribution in [0.3, 0.4) is 0 Å². The van der Waals surface area contributed by atoms with E-state index in [1.54, 1.807) is 6.20 Å². The number of hydrogen-bond acceptors (Lipinski definition) is 5. The molecule has 0 fully saturated rings. The van der Waals surface area contributed by atoms with Crippen LogP contribution in [0.2, 0.25) is 0 Å². The van der Waals surface area contributed by atoms with Crippen LogP contribution >= 0.6 is 0 Å². The molecule has 108 valence electrons. The summed E-state index contributed by atoms with van der Waals surface area (Å²) in [7, 11) is 0. The highest BCUT2D eigenvalue weighted by atomic mass is 16.5. The zero-order valence-corrected chi connectivity index (χ0v) is 12.3. The molecule has 0 amide bonds. The van der Waals surface area contributed by atoms with Gasteiger partial charge in [-0.25, -0.2) is 0 Å². The van der Waals surface area contributed by atoms with E-state index < -0.39 is 0 Å². The van der Waals surface area contributed by atoms with Crippen molar-refractivity contribution in [3.63, 3.8) is 0 Å². The lowest BCUT2D eigenvalue weighted by molar-refractivity contribution is 0.334. The minimum atomic E-state index is 0.116. The maximum absolute atomic E-state index is 5.81. The summed E-state index contributed by atoms with van der Waals surface area (Å²) in [5, 5.41) is 4.07. The summed E-state index contributed by atoms with van der Waals surface area (Å²) in [6, 6.07) is 3.96. The summed E-state index contributed by atoms with van der Waals surface area (Å²) in [5.41, 5.74) is 7.73. The summed E-state index contributed by atoms with van der Waals surface area (Å²) in [6.07, 6.45) is 3.58. The lowest BCUT2D eigenvalue weighted by Crippen LogP contribution is -2.15. The molecular formula is C15H22N4O. The molecule has 1 unspecified atom stereocenters. The Morgan fingerprint density at radius 2 is 2.15 bits per heavy atom. The molecular weight excluding hydrogens is 252 g/mol. The predicted molar refractivity (Wildman–Crippen MR) is 78.2 cm³/mol. The molecule has 5 heteroatoms. The van der Waals surface area contributed by atoms with Gasteiger partial charge in [-0.15, -0.1) is 0 Å². The SMILES string of the molecule is CCc1cccnc1-c1noc(C(CN)CC(C)C)n1. The molecule has 0 bridgehead atoms. The molecule has 20 heavy (non-hydrogen) atoms. The highest BCUT2D eigenvalue weighted by Crippen LogP contribution is 2.25. The van der Waals surface area contributed by atoms with Gasteiger partial charge in [-0.1, -0.05) is 32.0 Å². The molecule has 0 aliphatic rings. The van der Waals surface area contributed by atoms with E-state index in [9.17, 15) is 0 Å². The first-order valence-electron chi connectivity index (χ1n) is 7.13. The average Bonchev–Trinajstić information content (AvgIpc) is 2.94. The lowest BCUT2D eigenvalue weighted by atomic mass is 9.97. The third-order valence-electron chi connectivity index (χ3n) is 3.32. The molecule has 0 saturated heterocycles. The highest BCUT2D eigenvalue weighted by molar-refractivity contribution is 5.53. The van der Waals surface area contributed by atoms with Crippen molar-refractivity contribution >= 4 is 0 Å².